The average molecular weight is 127 g/mol. The van der Waals surface area contributed by atoms with Gasteiger partial charge in [-0.3, -0.25) is 5.10 Å². The molecule has 50 valence electrons. The summed E-state index contributed by atoms with van der Waals surface area (Å²) < 4.78 is 0. The van der Waals surface area contributed by atoms with Crippen LogP contribution in [0.4, 0.5) is 0 Å². The van der Waals surface area contributed by atoms with E-state index in [1.165, 1.54) is 0 Å². The van der Waals surface area contributed by atoms with Crippen LogP contribution in [-0.2, 0) is 11.4 Å². The lowest BCUT2D eigenvalue weighted by molar-refractivity contribution is 0.0858. The van der Waals surface area contributed by atoms with E-state index in [1.807, 2.05) is 6.07 Å². The predicted molar refractivity (Wildman–Crippen MR) is 32.4 cm³/mol. The summed E-state index contributed by atoms with van der Waals surface area (Å²) >= 11 is 0. The highest BCUT2D eigenvalue weighted by Crippen LogP contribution is 1.88. The minimum atomic E-state index is 0.663. The molecule has 0 atom stereocenters. The van der Waals surface area contributed by atoms with E-state index in [0.717, 1.165) is 5.69 Å². The fourth-order valence-corrected chi connectivity index (χ4v) is 0.533. The number of aromatic nitrogens is 2. The Balaban J connectivity index is 2.30. The van der Waals surface area contributed by atoms with E-state index in [1.54, 1.807) is 13.3 Å². The molecule has 0 aliphatic rings. The average Bonchev–Trinajstić information content (AvgIpc) is 2.34. The third-order valence-electron chi connectivity index (χ3n) is 0.965. The van der Waals surface area contributed by atoms with E-state index < -0.39 is 0 Å². The van der Waals surface area contributed by atoms with Gasteiger partial charge in [-0.1, -0.05) is 0 Å². The molecule has 0 spiro atoms. The lowest BCUT2D eigenvalue weighted by Gasteiger charge is -1.95. The fourth-order valence-electron chi connectivity index (χ4n) is 0.533. The number of nitrogens with one attached hydrogen (secondary N) is 2. The topological polar surface area (TPSA) is 49.9 Å². The van der Waals surface area contributed by atoms with Crippen LogP contribution in [-0.4, -0.2) is 17.3 Å². The second-order valence-corrected chi connectivity index (χ2v) is 1.61. The first kappa shape index (κ1) is 6.25. The maximum atomic E-state index is 4.62. The van der Waals surface area contributed by atoms with Gasteiger partial charge in [0.15, 0.2) is 0 Å². The lowest BCUT2D eigenvalue weighted by Crippen LogP contribution is -2.10. The molecule has 0 amide bonds. The van der Waals surface area contributed by atoms with Gasteiger partial charge >= 0.3 is 0 Å². The SMILES string of the molecule is CONCc1ccn[nH]1. The predicted octanol–water partition coefficient (Wildman–Crippen LogP) is 0.0607. The van der Waals surface area contributed by atoms with Crippen LogP contribution < -0.4 is 5.48 Å². The fraction of sp³-hybridized carbons (Fsp3) is 0.400. The first-order chi connectivity index (χ1) is 4.43. The Kier molecular flexibility index (Phi) is 2.23. The molecule has 1 aromatic rings. The highest BCUT2D eigenvalue weighted by molar-refractivity contribution is 4.95. The molecule has 0 unspecified atom stereocenters. The van der Waals surface area contributed by atoms with Crippen LogP contribution in [0.5, 0.6) is 0 Å². The number of hydroxylamine groups is 1. The summed E-state index contributed by atoms with van der Waals surface area (Å²) in [4.78, 5) is 4.62. The van der Waals surface area contributed by atoms with Crippen molar-refractivity contribution >= 4 is 0 Å². The van der Waals surface area contributed by atoms with E-state index in [4.69, 9.17) is 0 Å². The second-order valence-electron chi connectivity index (χ2n) is 1.61. The van der Waals surface area contributed by atoms with Crippen molar-refractivity contribution in [3.63, 3.8) is 0 Å². The number of aromatic amines is 1. The smallest absolute Gasteiger partial charge is 0.0627 e. The first-order valence-electron chi connectivity index (χ1n) is 2.67. The quantitative estimate of drug-likeness (QED) is 0.564. The summed E-state index contributed by atoms with van der Waals surface area (Å²) in [6, 6.07) is 1.88. The Labute approximate surface area is 53.2 Å². The van der Waals surface area contributed by atoms with Crippen LogP contribution in [0.1, 0.15) is 5.69 Å². The zero-order chi connectivity index (χ0) is 6.53. The van der Waals surface area contributed by atoms with Gasteiger partial charge in [-0.05, 0) is 6.07 Å². The number of hydrogen-bond acceptors (Lipinski definition) is 3. The zero-order valence-electron chi connectivity index (χ0n) is 5.22. The Morgan fingerprint density at radius 3 is 3.33 bits per heavy atom. The highest BCUT2D eigenvalue weighted by Gasteiger charge is 1.88. The maximum Gasteiger partial charge on any atom is 0.0627 e. The number of nitrogens with zero attached hydrogens (tertiary/aromatic N) is 1. The first-order valence-corrected chi connectivity index (χ1v) is 2.67. The molecular formula is C5H9N3O. The molecule has 4 heteroatoms. The van der Waals surface area contributed by atoms with Crippen LogP contribution in [0.3, 0.4) is 0 Å². The number of rotatable bonds is 3. The number of hydrogen-bond donors (Lipinski definition) is 2. The summed E-state index contributed by atoms with van der Waals surface area (Å²) in [6.45, 7) is 0.663. The monoisotopic (exact) mass is 127 g/mol. The van der Waals surface area contributed by atoms with Gasteiger partial charge in [0.05, 0.1) is 19.3 Å². The van der Waals surface area contributed by atoms with E-state index in [9.17, 15) is 0 Å². The normalized spacial score (nSPS) is 9.89. The van der Waals surface area contributed by atoms with Crippen LogP contribution in [0.2, 0.25) is 0 Å². The van der Waals surface area contributed by atoms with Gasteiger partial charge in [0.25, 0.3) is 0 Å². The van der Waals surface area contributed by atoms with E-state index in [-0.39, 0.29) is 0 Å². The van der Waals surface area contributed by atoms with Crippen molar-refractivity contribution in [2.45, 2.75) is 6.54 Å². The van der Waals surface area contributed by atoms with Crippen molar-refractivity contribution in [2.75, 3.05) is 7.11 Å². The Morgan fingerprint density at radius 2 is 2.78 bits per heavy atom. The van der Waals surface area contributed by atoms with Crippen LogP contribution in [0, 0.1) is 0 Å². The van der Waals surface area contributed by atoms with Gasteiger partial charge in [0.1, 0.15) is 0 Å². The summed E-state index contributed by atoms with van der Waals surface area (Å²) in [5.74, 6) is 0. The van der Waals surface area contributed by atoms with Gasteiger partial charge in [-0.25, -0.2) is 0 Å². The van der Waals surface area contributed by atoms with Crippen molar-refractivity contribution < 1.29 is 4.84 Å². The van der Waals surface area contributed by atoms with Crippen LogP contribution in [0.25, 0.3) is 0 Å². The molecule has 4 nitrogen and oxygen atoms in total. The van der Waals surface area contributed by atoms with Crippen molar-refractivity contribution in [3.8, 4) is 0 Å². The number of H-pyrrole nitrogens is 1. The molecule has 2 N–H and O–H groups in total. The minimum Gasteiger partial charge on any atom is -0.305 e. The zero-order valence-corrected chi connectivity index (χ0v) is 5.22. The van der Waals surface area contributed by atoms with Gasteiger partial charge in [0.2, 0.25) is 0 Å². The standard InChI is InChI=1S/C5H9N3O/c1-9-7-4-5-2-3-6-8-5/h2-3,7H,4H2,1H3,(H,6,8). The molecule has 0 bridgehead atoms. The molecule has 0 radical (unpaired) electrons. The summed E-state index contributed by atoms with van der Waals surface area (Å²) in [7, 11) is 1.58. The summed E-state index contributed by atoms with van der Waals surface area (Å²) in [6.07, 6.45) is 1.70. The van der Waals surface area contributed by atoms with Crippen LogP contribution in [0.15, 0.2) is 12.3 Å². The summed E-state index contributed by atoms with van der Waals surface area (Å²) in [5, 5.41) is 6.53. The van der Waals surface area contributed by atoms with Crippen molar-refractivity contribution in [1.82, 2.24) is 15.7 Å². The molecule has 1 rings (SSSR count). The second kappa shape index (κ2) is 3.21. The molecule has 9 heavy (non-hydrogen) atoms. The molecule has 0 saturated carbocycles. The van der Waals surface area contributed by atoms with E-state index in [0.29, 0.717) is 6.54 Å². The molecule has 1 aromatic heterocycles. The molecule has 0 aliphatic carbocycles. The van der Waals surface area contributed by atoms with Gasteiger partial charge < -0.3 is 4.84 Å². The van der Waals surface area contributed by atoms with Gasteiger partial charge in [-0.15, -0.1) is 0 Å². The molecule has 0 aromatic carbocycles. The minimum absolute atomic E-state index is 0.663. The Bertz CT molecular complexity index is 149. The third-order valence-corrected chi connectivity index (χ3v) is 0.965. The molecule has 0 saturated heterocycles. The van der Waals surface area contributed by atoms with Gasteiger partial charge in [0, 0.05) is 6.20 Å². The van der Waals surface area contributed by atoms with E-state index in [2.05, 4.69) is 20.5 Å². The Hall–Kier alpha value is -0.870. The molecule has 1 heterocycles. The molecular weight excluding hydrogens is 118 g/mol. The largest absolute Gasteiger partial charge is 0.305 e. The molecule has 0 fully saturated rings. The highest BCUT2D eigenvalue weighted by atomic mass is 16.6. The van der Waals surface area contributed by atoms with Crippen molar-refractivity contribution in [1.29, 1.82) is 0 Å². The lowest BCUT2D eigenvalue weighted by atomic mass is 10.4. The van der Waals surface area contributed by atoms with Crippen molar-refractivity contribution in [2.24, 2.45) is 0 Å². The molecule has 0 aliphatic heterocycles. The van der Waals surface area contributed by atoms with Crippen LogP contribution >= 0.6 is 0 Å². The van der Waals surface area contributed by atoms with Crippen molar-refractivity contribution in [3.05, 3.63) is 18.0 Å². The Morgan fingerprint density at radius 1 is 1.89 bits per heavy atom. The van der Waals surface area contributed by atoms with E-state index >= 15 is 0 Å². The maximum absolute atomic E-state index is 4.62. The van der Waals surface area contributed by atoms with Gasteiger partial charge in [-0.2, -0.15) is 10.6 Å². The third kappa shape index (κ3) is 1.83. The summed E-state index contributed by atoms with van der Waals surface area (Å²) in [5.41, 5.74) is 3.69.